The highest BCUT2D eigenvalue weighted by Crippen LogP contribution is 2.28. The Labute approximate surface area is 92.1 Å². The summed E-state index contributed by atoms with van der Waals surface area (Å²) in [4.78, 5) is 11.6. The van der Waals surface area contributed by atoms with Crippen molar-refractivity contribution in [3.63, 3.8) is 0 Å². The lowest BCUT2D eigenvalue weighted by molar-refractivity contribution is -0.156. The van der Waals surface area contributed by atoms with Gasteiger partial charge in [-0.05, 0) is 19.8 Å². The lowest BCUT2D eigenvalue weighted by atomic mass is 9.82. The van der Waals surface area contributed by atoms with Gasteiger partial charge in [-0.2, -0.15) is 0 Å². The Morgan fingerprint density at radius 2 is 2.13 bits per heavy atom. The minimum absolute atomic E-state index is 0.337. The van der Waals surface area contributed by atoms with Crippen molar-refractivity contribution in [2.75, 3.05) is 6.61 Å². The third-order valence-corrected chi connectivity index (χ3v) is 2.59. The molecule has 0 heterocycles. The van der Waals surface area contributed by atoms with Gasteiger partial charge in [0.1, 0.15) is 0 Å². The Hall–Kier alpha value is -0.830. The molecule has 0 saturated carbocycles. The number of carbonyl (C=O) groups is 1. The predicted octanol–water partition coefficient (Wildman–Crippen LogP) is 2.29. The molecule has 0 saturated heterocycles. The molecule has 0 fully saturated rings. The summed E-state index contributed by atoms with van der Waals surface area (Å²) in [5.74, 6) is -0.842. The summed E-state index contributed by atoms with van der Waals surface area (Å²) in [7, 11) is 0. The maximum absolute atomic E-state index is 11.6. The van der Waals surface area contributed by atoms with E-state index >= 15 is 0 Å². The van der Waals surface area contributed by atoms with Gasteiger partial charge in [0.15, 0.2) is 0 Å². The van der Waals surface area contributed by atoms with Crippen LogP contribution in [0.2, 0.25) is 0 Å². The Kier molecular flexibility index (Phi) is 6.25. The normalized spacial score (nSPS) is 16.5. The molecule has 3 heteroatoms. The van der Waals surface area contributed by atoms with Crippen LogP contribution >= 0.6 is 0 Å². The molecule has 0 aromatic rings. The van der Waals surface area contributed by atoms with Gasteiger partial charge in [0.05, 0.1) is 18.1 Å². The van der Waals surface area contributed by atoms with Gasteiger partial charge < -0.3 is 9.84 Å². The van der Waals surface area contributed by atoms with Crippen LogP contribution in [-0.4, -0.2) is 23.3 Å². The van der Waals surface area contributed by atoms with Crippen molar-refractivity contribution >= 4 is 5.97 Å². The van der Waals surface area contributed by atoms with E-state index in [0.29, 0.717) is 19.4 Å². The molecule has 2 unspecified atom stereocenters. The van der Waals surface area contributed by atoms with Crippen molar-refractivity contribution in [3.05, 3.63) is 12.7 Å². The van der Waals surface area contributed by atoms with Gasteiger partial charge in [-0.25, -0.2) is 0 Å². The standard InChI is InChI=1S/C12H22O3/c1-5-9-12(14,7-3)10(6-2)11(13)15-8-4/h7,10,14H,3,5-6,8-9H2,1-2,4H3. The molecule has 0 aromatic carbocycles. The molecule has 0 rings (SSSR count). The fourth-order valence-corrected chi connectivity index (χ4v) is 1.79. The molecule has 0 aliphatic carbocycles. The first-order chi connectivity index (χ1) is 7.05. The zero-order valence-electron chi connectivity index (χ0n) is 9.95. The van der Waals surface area contributed by atoms with Crippen LogP contribution in [0.4, 0.5) is 0 Å². The van der Waals surface area contributed by atoms with E-state index in [4.69, 9.17) is 4.74 Å². The highest BCUT2D eigenvalue weighted by molar-refractivity contribution is 5.74. The minimum Gasteiger partial charge on any atom is -0.466 e. The Morgan fingerprint density at radius 3 is 2.47 bits per heavy atom. The van der Waals surface area contributed by atoms with Crippen molar-refractivity contribution < 1.29 is 14.6 Å². The minimum atomic E-state index is -1.13. The van der Waals surface area contributed by atoms with Gasteiger partial charge in [0, 0.05) is 0 Å². The highest BCUT2D eigenvalue weighted by Gasteiger charge is 2.37. The maximum Gasteiger partial charge on any atom is 0.312 e. The number of carbonyl (C=O) groups excluding carboxylic acids is 1. The second kappa shape index (κ2) is 6.62. The number of hydrogen-bond donors (Lipinski definition) is 1. The van der Waals surface area contributed by atoms with Gasteiger partial charge in [0.2, 0.25) is 0 Å². The van der Waals surface area contributed by atoms with Gasteiger partial charge in [-0.1, -0.05) is 26.3 Å². The Morgan fingerprint density at radius 1 is 1.53 bits per heavy atom. The molecule has 0 bridgehead atoms. The van der Waals surface area contributed by atoms with E-state index in [9.17, 15) is 9.90 Å². The summed E-state index contributed by atoms with van der Waals surface area (Å²) >= 11 is 0. The fourth-order valence-electron chi connectivity index (χ4n) is 1.79. The van der Waals surface area contributed by atoms with E-state index in [2.05, 4.69) is 6.58 Å². The van der Waals surface area contributed by atoms with Crippen LogP contribution < -0.4 is 0 Å². The first-order valence-electron chi connectivity index (χ1n) is 5.58. The number of ether oxygens (including phenoxy) is 1. The lowest BCUT2D eigenvalue weighted by Gasteiger charge is -2.31. The van der Waals surface area contributed by atoms with Gasteiger partial charge in [0.25, 0.3) is 0 Å². The first-order valence-corrected chi connectivity index (χ1v) is 5.58. The average Bonchev–Trinajstić information content (AvgIpc) is 2.19. The second-order valence-electron chi connectivity index (χ2n) is 3.66. The third kappa shape index (κ3) is 3.67. The molecule has 0 spiro atoms. The van der Waals surface area contributed by atoms with Crippen LogP contribution in [0.1, 0.15) is 40.0 Å². The molecule has 0 aliphatic heterocycles. The lowest BCUT2D eigenvalue weighted by Crippen LogP contribution is -2.41. The van der Waals surface area contributed by atoms with Crippen LogP contribution in [0.5, 0.6) is 0 Å². The zero-order chi connectivity index (χ0) is 11.9. The molecule has 15 heavy (non-hydrogen) atoms. The Balaban J connectivity index is 4.73. The van der Waals surface area contributed by atoms with Crippen LogP contribution in [0.15, 0.2) is 12.7 Å². The third-order valence-electron chi connectivity index (χ3n) is 2.59. The summed E-state index contributed by atoms with van der Waals surface area (Å²) in [6.07, 6.45) is 3.36. The molecule has 2 atom stereocenters. The average molecular weight is 214 g/mol. The SMILES string of the molecule is C=CC(O)(CCC)C(CC)C(=O)OCC. The molecule has 3 nitrogen and oxygen atoms in total. The molecule has 0 radical (unpaired) electrons. The van der Waals surface area contributed by atoms with Crippen molar-refractivity contribution in [2.45, 2.75) is 45.6 Å². The van der Waals surface area contributed by atoms with Crippen LogP contribution in [0.25, 0.3) is 0 Å². The summed E-state index contributed by atoms with van der Waals surface area (Å²) in [6.45, 7) is 9.54. The molecule has 88 valence electrons. The molecular formula is C12H22O3. The smallest absolute Gasteiger partial charge is 0.312 e. The molecular weight excluding hydrogens is 192 g/mol. The number of hydrogen-bond acceptors (Lipinski definition) is 3. The maximum atomic E-state index is 11.6. The fraction of sp³-hybridized carbons (Fsp3) is 0.750. The number of aliphatic hydroxyl groups is 1. The second-order valence-corrected chi connectivity index (χ2v) is 3.66. The predicted molar refractivity (Wildman–Crippen MR) is 60.5 cm³/mol. The van der Waals surface area contributed by atoms with Crippen molar-refractivity contribution in [3.8, 4) is 0 Å². The monoisotopic (exact) mass is 214 g/mol. The van der Waals surface area contributed by atoms with E-state index in [1.54, 1.807) is 6.92 Å². The van der Waals surface area contributed by atoms with Gasteiger partial charge >= 0.3 is 5.97 Å². The van der Waals surface area contributed by atoms with Crippen LogP contribution in [0, 0.1) is 5.92 Å². The van der Waals surface area contributed by atoms with Gasteiger partial charge in [-0.3, -0.25) is 4.79 Å². The molecule has 0 aromatic heterocycles. The Bertz CT molecular complexity index is 213. The van der Waals surface area contributed by atoms with Crippen LogP contribution in [-0.2, 0) is 9.53 Å². The number of esters is 1. The zero-order valence-corrected chi connectivity index (χ0v) is 9.95. The quantitative estimate of drug-likeness (QED) is 0.522. The van der Waals surface area contributed by atoms with Crippen molar-refractivity contribution in [1.82, 2.24) is 0 Å². The molecule has 1 N–H and O–H groups in total. The summed E-state index contributed by atoms with van der Waals surface area (Å²) in [6, 6.07) is 0. The topological polar surface area (TPSA) is 46.5 Å². The van der Waals surface area contributed by atoms with E-state index in [-0.39, 0.29) is 5.97 Å². The first kappa shape index (κ1) is 14.2. The molecule has 0 amide bonds. The highest BCUT2D eigenvalue weighted by atomic mass is 16.5. The van der Waals surface area contributed by atoms with E-state index < -0.39 is 11.5 Å². The summed E-state index contributed by atoms with van der Waals surface area (Å²) in [5.41, 5.74) is -1.13. The largest absolute Gasteiger partial charge is 0.466 e. The van der Waals surface area contributed by atoms with Crippen molar-refractivity contribution in [2.24, 2.45) is 5.92 Å². The van der Waals surface area contributed by atoms with E-state index in [0.717, 1.165) is 6.42 Å². The molecule has 0 aliphatic rings. The summed E-state index contributed by atoms with van der Waals surface area (Å²) < 4.78 is 4.94. The number of rotatable bonds is 7. The van der Waals surface area contributed by atoms with Crippen LogP contribution in [0.3, 0.4) is 0 Å². The van der Waals surface area contributed by atoms with Gasteiger partial charge in [-0.15, -0.1) is 6.58 Å². The van der Waals surface area contributed by atoms with Crippen molar-refractivity contribution in [1.29, 1.82) is 0 Å². The summed E-state index contributed by atoms with van der Waals surface area (Å²) in [5, 5.41) is 10.3. The van der Waals surface area contributed by atoms with E-state index in [1.807, 2.05) is 13.8 Å². The van der Waals surface area contributed by atoms with E-state index in [1.165, 1.54) is 6.08 Å².